The van der Waals surface area contributed by atoms with E-state index in [4.69, 9.17) is 0 Å². The molecule has 140 valence electrons. The summed E-state index contributed by atoms with van der Waals surface area (Å²) in [5.41, 5.74) is 3.51. The van der Waals surface area contributed by atoms with Gasteiger partial charge in [0.15, 0.2) is 0 Å². The molecule has 0 rings (SSSR count). The van der Waals surface area contributed by atoms with Crippen LogP contribution < -0.4 is 0 Å². The Balaban J connectivity index is 4.65. The van der Waals surface area contributed by atoms with Gasteiger partial charge in [0.05, 0.1) is 0 Å². The van der Waals surface area contributed by atoms with Crippen LogP contribution >= 0.6 is 0 Å². The summed E-state index contributed by atoms with van der Waals surface area (Å²) >= 11 is -2.17. The zero-order valence-electron chi connectivity index (χ0n) is 15.6. The van der Waals surface area contributed by atoms with Gasteiger partial charge in [-0.25, -0.2) is 0 Å². The Bertz CT molecular complexity index is 583. The molecule has 25 heavy (non-hydrogen) atoms. The molecule has 0 radical (unpaired) electrons. The fourth-order valence-corrected chi connectivity index (χ4v) is 2.77. The smallest absolute Gasteiger partial charge is 0.145 e. The van der Waals surface area contributed by atoms with Crippen molar-refractivity contribution in [3.05, 3.63) is 46.6 Å². The van der Waals surface area contributed by atoms with Gasteiger partial charge in [0.1, 0.15) is 12.6 Å². The van der Waals surface area contributed by atoms with Gasteiger partial charge in [0.25, 0.3) is 0 Å². The van der Waals surface area contributed by atoms with Crippen LogP contribution in [0.5, 0.6) is 0 Å². The monoisotopic (exact) mass is 365 g/mol. The summed E-state index contributed by atoms with van der Waals surface area (Å²) in [6, 6.07) is 0. The summed E-state index contributed by atoms with van der Waals surface area (Å²) in [7, 11) is 0. The van der Waals surface area contributed by atoms with Crippen molar-refractivity contribution in [2.24, 2.45) is 0 Å². The minimum atomic E-state index is -2.17. The highest BCUT2D eigenvalue weighted by atomic mass is 32.2. The minimum Gasteiger partial charge on any atom is -0.772 e. The normalized spacial score (nSPS) is 16.5. The van der Waals surface area contributed by atoms with Crippen molar-refractivity contribution >= 4 is 23.7 Å². The van der Waals surface area contributed by atoms with Crippen molar-refractivity contribution in [1.82, 2.24) is 0 Å². The zero-order chi connectivity index (χ0) is 19.2. The molecule has 2 atom stereocenters. The zero-order valence-corrected chi connectivity index (χ0v) is 16.4. The van der Waals surface area contributed by atoms with E-state index in [0.717, 1.165) is 49.4 Å². The molecule has 4 nitrogen and oxygen atoms in total. The predicted octanol–water partition coefficient (Wildman–Crippen LogP) is 4.37. The molecule has 5 heteroatoms. The number of carbonyl (C=O) groups is 2. The lowest BCUT2D eigenvalue weighted by atomic mass is 10.1. The maximum absolute atomic E-state index is 11.4. The van der Waals surface area contributed by atoms with Crippen molar-refractivity contribution in [2.75, 3.05) is 0 Å². The fourth-order valence-electron chi connectivity index (χ4n) is 2.17. The largest absolute Gasteiger partial charge is 0.772 e. The molecule has 0 aromatic rings. The minimum absolute atomic E-state index is 0.443. The van der Waals surface area contributed by atoms with E-state index in [1.165, 1.54) is 0 Å². The lowest BCUT2D eigenvalue weighted by Crippen LogP contribution is -2.11. The molecule has 0 aliphatic carbocycles. The van der Waals surface area contributed by atoms with E-state index in [0.29, 0.717) is 17.6 Å². The topological polar surface area (TPSA) is 74.3 Å². The van der Waals surface area contributed by atoms with Crippen LogP contribution in [0.25, 0.3) is 0 Å². The second kappa shape index (κ2) is 13.7. The summed E-state index contributed by atoms with van der Waals surface area (Å²) in [5, 5.41) is -0.543. The Morgan fingerprint density at radius 2 is 1.36 bits per heavy atom. The molecule has 0 aromatic heterocycles. The summed E-state index contributed by atoms with van der Waals surface area (Å²) in [4.78, 5) is 21.1. The predicted molar refractivity (Wildman–Crippen MR) is 103 cm³/mol. The summed E-state index contributed by atoms with van der Waals surface area (Å²) in [6.07, 6.45) is 12.6. The number of aldehydes is 2. The molecular weight excluding hydrogens is 336 g/mol. The van der Waals surface area contributed by atoms with Gasteiger partial charge < -0.3 is 4.55 Å². The first kappa shape index (κ1) is 23.4. The molecule has 0 aliphatic rings. The molecular formula is C20H29O4S-. The molecule has 0 amide bonds. The van der Waals surface area contributed by atoms with Gasteiger partial charge in [-0.3, -0.25) is 13.8 Å². The number of hydrogen-bond donors (Lipinski definition) is 0. The number of carbonyl (C=O) groups excluding carboxylic acids is 2. The van der Waals surface area contributed by atoms with Gasteiger partial charge in [-0.2, -0.15) is 0 Å². The number of hydrogen-bond acceptors (Lipinski definition) is 4. The SMILES string of the molecule is C/C(C=O)=C\CC/C(C)=C/CC(/C=C(\C)CC/C=C(\C)C=O)S(=O)[O-]. The highest BCUT2D eigenvalue weighted by molar-refractivity contribution is 7.80. The van der Waals surface area contributed by atoms with Gasteiger partial charge in [-0.05, 0) is 82.0 Å². The molecule has 0 aromatic carbocycles. The van der Waals surface area contributed by atoms with Crippen LogP contribution in [-0.2, 0) is 20.7 Å². The van der Waals surface area contributed by atoms with Crippen LogP contribution in [0.15, 0.2) is 46.6 Å². The van der Waals surface area contributed by atoms with Crippen molar-refractivity contribution in [3.8, 4) is 0 Å². The average molecular weight is 366 g/mol. The van der Waals surface area contributed by atoms with Crippen LogP contribution in [0.3, 0.4) is 0 Å². The molecule has 0 aliphatic heterocycles. The Morgan fingerprint density at radius 3 is 1.80 bits per heavy atom. The van der Waals surface area contributed by atoms with Crippen LogP contribution in [0.4, 0.5) is 0 Å². The van der Waals surface area contributed by atoms with Gasteiger partial charge in [-0.15, -0.1) is 0 Å². The quantitative estimate of drug-likeness (QED) is 0.223. The van der Waals surface area contributed by atoms with Gasteiger partial charge in [0, 0.05) is 5.25 Å². The lowest BCUT2D eigenvalue weighted by Gasteiger charge is -2.16. The molecule has 0 heterocycles. The van der Waals surface area contributed by atoms with E-state index in [2.05, 4.69) is 0 Å². The van der Waals surface area contributed by atoms with E-state index in [-0.39, 0.29) is 0 Å². The van der Waals surface area contributed by atoms with E-state index >= 15 is 0 Å². The third kappa shape index (κ3) is 12.4. The van der Waals surface area contributed by atoms with E-state index < -0.39 is 16.3 Å². The Hall–Kier alpha value is -1.59. The first-order valence-electron chi connectivity index (χ1n) is 8.45. The van der Waals surface area contributed by atoms with Crippen LogP contribution in [0.1, 0.15) is 59.8 Å². The van der Waals surface area contributed by atoms with E-state index in [1.807, 2.05) is 32.1 Å². The summed E-state index contributed by atoms with van der Waals surface area (Å²) in [5.74, 6) is 0. The lowest BCUT2D eigenvalue weighted by molar-refractivity contribution is -0.105. The number of rotatable bonds is 12. The Morgan fingerprint density at radius 1 is 0.880 bits per heavy atom. The van der Waals surface area contributed by atoms with Crippen LogP contribution in [0.2, 0.25) is 0 Å². The molecule has 0 fully saturated rings. The molecule has 0 N–H and O–H groups in total. The number of allylic oxidation sites excluding steroid dienone is 7. The maximum Gasteiger partial charge on any atom is 0.145 e. The van der Waals surface area contributed by atoms with Crippen molar-refractivity contribution in [1.29, 1.82) is 0 Å². The van der Waals surface area contributed by atoms with Crippen LogP contribution in [-0.4, -0.2) is 26.6 Å². The van der Waals surface area contributed by atoms with E-state index in [1.54, 1.807) is 19.9 Å². The second-order valence-electron chi connectivity index (χ2n) is 6.31. The Kier molecular flexibility index (Phi) is 12.8. The molecule has 0 spiro atoms. The van der Waals surface area contributed by atoms with Gasteiger partial charge >= 0.3 is 0 Å². The Labute approximate surface area is 154 Å². The highest BCUT2D eigenvalue weighted by Crippen LogP contribution is 2.15. The maximum atomic E-state index is 11.4. The third-order valence-electron chi connectivity index (χ3n) is 3.80. The standard InChI is InChI=1S/C20H30O4S/c1-16(7-5-9-18(3)14-21)11-12-20(25(23)24)13-17(2)8-6-10-19(4)15-22/h9-11,13-15,20H,5-8,12H2,1-4H3,(H,23,24)/p-1/b16-11+,17-13+,18-9+,19-10+. The molecule has 0 bridgehead atoms. The van der Waals surface area contributed by atoms with Gasteiger partial charge in [-0.1, -0.05) is 35.5 Å². The first-order valence-corrected chi connectivity index (χ1v) is 9.58. The van der Waals surface area contributed by atoms with Crippen molar-refractivity contribution in [2.45, 2.75) is 65.0 Å². The summed E-state index contributed by atoms with van der Waals surface area (Å²) < 4.78 is 22.9. The fraction of sp³-hybridized carbons (Fsp3) is 0.500. The highest BCUT2D eigenvalue weighted by Gasteiger charge is 2.05. The second-order valence-corrected chi connectivity index (χ2v) is 7.43. The third-order valence-corrected chi connectivity index (χ3v) is 4.62. The van der Waals surface area contributed by atoms with Crippen molar-refractivity contribution in [3.63, 3.8) is 0 Å². The summed E-state index contributed by atoms with van der Waals surface area (Å²) in [6.45, 7) is 7.40. The molecule has 0 saturated carbocycles. The van der Waals surface area contributed by atoms with Crippen LogP contribution in [0, 0.1) is 0 Å². The average Bonchev–Trinajstić information content (AvgIpc) is 2.57. The molecule has 0 saturated heterocycles. The molecule has 2 unspecified atom stereocenters. The first-order chi connectivity index (χ1) is 11.8. The van der Waals surface area contributed by atoms with Crippen molar-refractivity contribution < 1.29 is 18.4 Å². The van der Waals surface area contributed by atoms with Gasteiger partial charge in [0.2, 0.25) is 0 Å². The van der Waals surface area contributed by atoms with E-state index in [9.17, 15) is 18.4 Å².